The molecule has 0 radical (unpaired) electrons. The zero-order chi connectivity index (χ0) is 53.0. The van der Waals surface area contributed by atoms with Crippen molar-refractivity contribution >= 4 is 70.0 Å². The van der Waals surface area contributed by atoms with E-state index >= 15 is 4.79 Å². The smallest absolute Gasteiger partial charge is 0.326 e. The number of nitrogens with two attached hydrogens (primary N) is 2. The zero-order valence-electron chi connectivity index (χ0n) is 42.2. The summed E-state index contributed by atoms with van der Waals surface area (Å²) in [5, 5.41) is 27.9. The van der Waals surface area contributed by atoms with Crippen LogP contribution in [0, 0.1) is 23.7 Å². The highest BCUT2D eigenvalue weighted by atomic mass is 16.4. The summed E-state index contributed by atoms with van der Waals surface area (Å²) in [6.07, 6.45) is 3.76. The maximum Gasteiger partial charge on any atom is 0.326 e. The summed E-state index contributed by atoms with van der Waals surface area (Å²) in [4.78, 5) is 141. The molecule has 9 atom stereocenters. The number of ketones is 1. The van der Waals surface area contributed by atoms with Crippen LogP contribution in [0.1, 0.15) is 109 Å². The van der Waals surface area contributed by atoms with Crippen molar-refractivity contribution in [2.24, 2.45) is 40.1 Å². The first-order valence-electron chi connectivity index (χ1n) is 25.2. The van der Waals surface area contributed by atoms with E-state index in [1.54, 1.807) is 24.6 Å². The quantitative estimate of drug-likeness (QED) is 0.0396. The number of aromatic nitrogens is 3. The van der Waals surface area contributed by atoms with Crippen molar-refractivity contribution in [2.75, 3.05) is 13.1 Å². The average Bonchev–Trinajstić information content (AvgIpc) is 4.15. The van der Waals surface area contributed by atoms with Gasteiger partial charge in [0, 0.05) is 60.9 Å². The van der Waals surface area contributed by atoms with Gasteiger partial charge in [-0.1, -0.05) is 53.7 Å². The highest BCUT2D eigenvalue weighted by Gasteiger charge is 2.45. The molecule has 2 aromatic heterocycles. The summed E-state index contributed by atoms with van der Waals surface area (Å²) in [5.41, 5.74) is 13.0. The van der Waals surface area contributed by atoms with E-state index in [4.69, 9.17) is 11.5 Å². The molecule has 1 unspecified atom stereocenters. The fraction of sp³-hybridized carbons (Fsp3) is 0.580. The molecule has 3 aromatic rings. The maximum absolute atomic E-state index is 15.4. The molecule has 5 aliphatic heterocycles. The monoisotopic (exact) mass is 1010 g/mol. The van der Waals surface area contributed by atoms with Crippen molar-refractivity contribution in [2.45, 2.75) is 148 Å². The molecule has 7 heterocycles. The molecule has 2 saturated heterocycles. The van der Waals surface area contributed by atoms with Crippen LogP contribution in [0.25, 0.3) is 16.7 Å². The molecule has 5 aliphatic rings. The molecule has 7 bridgehead atoms. The topological polar surface area (TPSA) is 347 Å². The molecule has 2 fully saturated rings. The van der Waals surface area contributed by atoms with Crippen LogP contribution in [-0.2, 0) is 56.0 Å². The van der Waals surface area contributed by atoms with Crippen LogP contribution >= 0.6 is 0 Å². The van der Waals surface area contributed by atoms with Gasteiger partial charge >= 0.3 is 5.97 Å². The van der Waals surface area contributed by atoms with Gasteiger partial charge in [-0.15, -0.1) is 0 Å². The summed E-state index contributed by atoms with van der Waals surface area (Å²) in [5.74, 6) is -9.30. The molecule has 23 heteroatoms. The number of nitrogens with one attached hydrogen (secondary N) is 7. The van der Waals surface area contributed by atoms with Gasteiger partial charge in [-0.3, -0.25) is 47.9 Å². The Morgan fingerprint density at radius 3 is 2.29 bits per heavy atom. The van der Waals surface area contributed by atoms with E-state index in [2.05, 4.69) is 46.9 Å². The van der Waals surface area contributed by atoms with Crippen LogP contribution in [0.3, 0.4) is 0 Å². The van der Waals surface area contributed by atoms with Gasteiger partial charge < -0.3 is 58.4 Å². The first-order chi connectivity index (χ1) is 34.6. The van der Waals surface area contributed by atoms with Gasteiger partial charge in [0.15, 0.2) is 11.7 Å². The number of hydrogen-bond donors (Lipinski definition) is 10. The molecule has 0 saturated carbocycles. The summed E-state index contributed by atoms with van der Waals surface area (Å²) >= 11 is 0. The predicted molar refractivity (Wildman–Crippen MR) is 266 cm³/mol. The number of carbonyl (C=O) groups is 9. The fourth-order valence-corrected chi connectivity index (χ4v) is 10.6. The Morgan fingerprint density at radius 1 is 0.877 bits per heavy atom. The van der Waals surface area contributed by atoms with E-state index in [1.807, 2.05) is 45.9 Å². The molecule has 7 amide bonds. The Morgan fingerprint density at radius 2 is 1.63 bits per heavy atom. The van der Waals surface area contributed by atoms with Crippen LogP contribution in [0.15, 0.2) is 35.7 Å². The third kappa shape index (κ3) is 12.1. The number of aliphatic carboxylic acids is 1. The van der Waals surface area contributed by atoms with E-state index in [9.17, 15) is 43.5 Å². The van der Waals surface area contributed by atoms with Gasteiger partial charge in [0.05, 0.1) is 17.7 Å². The number of carbonyl (C=O) groups excluding carboxylic acids is 8. The first-order valence-corrected chi connectivity index (χ1v) is 25.2. The minimum absolute atomic E-state index is 0.0701. The number of fused-ring (bicyclic) bond motifs is 14. The second kappa shape index (κ2) is 22.6. The lowest BCUT2D eigenvalue weighted by atomic mass is 9.81. The molecule has 0 aliphatic carbocycles. The van der Waals surface area contributed by atoms with Crippen LogP contribution in [0.5, 0.6) is 0 Å². The summed E-state index contributed by atoms with van der Waals surface area (Å²) in [6, 6.07) is -3.12. The Kier molecular flexibility index (Phi) is 16.6. The summed E-state index contributed by atoms with van der Waals surface area (Å²) < 4.78 is 1.62. The number of aromatic amines is 1. The lowest BCUT2D eigenvalue weighted by molar-refractivity contribution is -0.147. The highest BCUT2D eigenvalue weighted by molar-refractivity contribution is 6.06. The second-order valence-electron chi connectivity index (χ2n) is 20.8. The van der Waals surface area contributed by atoms with Crippen molar-refractivity contribution < 1.29 is 48.3 Å². The number of imidazole rings is 1. The number of Topliss-reactive ketones (excluding diaryl/α,β-unsaturated/α-hetero) is 1. The SMILES string of the molecule is CC(C)C[C@@H]1NC(=O)[C@@H](NC(=O)[C@@H]2CCC(=O)N2)[C@H](C(C)C)c2ccc3c4c([nH]c3c2)-n2cnc(c2)C[C@@H](C(=O)O)NC(=O)C(CCCN=C(N)N)C(=O)[C@@H]2CCCN2C(=O)[C@H](C4)NC(=O)[C@H](C(C)C)NC1=O. The third-order valence-electron chi connectivity index (χ3n) is 14.3. The Bertz CT molecular complexity index is 2670. The number of amides is 7. The largest absolute Gasteiger partial charge is 0.480 e. The van der Waals surface area contributed by atoms with Crippen molar-refractivity contribution in [1.29, 1.82) is 0 Å². The molecule has 12 N–H and O–H groups in total. The number of carboxylic acids is 1. The third-order valence-corrected chi connectivity index (χ3v) is 14.3. The van der Waals surface area contributed by atoms with Gasteiger partial charge in [0.1, 0.15) is 48.4 Å². The Balaban J connectivity index is 1.42. The molecule has 0 spiro atoms. The molecule has 8 rings (SSSR count). The van der Waals surface area contributed by atoms with E-state index in [0.29, 0.717) is 34.3 Å². The number of aliphatic imine (C=N–C) groups is 1. The zero-order valence-corrected chi connectivity index (χ0v) is 42.2. The number of H-pyrrole nitrogens is 1. The van der Waals surface area contributed by atoms with Crippen LogP contribution in [0.2, 0.25) is 0 Å². The van der Waals surface area contributed by atoms with Crippen molar-refractivity contribution in [3.63, 3.8) is 0 Å². The standard InChI is InChI=1S/C50H69N13O10/c1-23(2)17-33-45(68)60-39(25(5)6)46(69)58-34-20-30-28-12-11-26(38(24(3)4)40(47(70)57-33)61-44(67)31-13-14-37(64)55-31)18-32(28)56-42(30)62-21-27(54-22-62)19-35(49(72)73)59-43(66)29(9-7-15-53-50(51)52)41(65)36-10-8-16-63(36)48(34)71/h11-12,18,21-25,29,31,33-36,38-40,56H,7-10,13-17,19-20H2,1-6H3,(H,55,64)(H,57,70)(H,58,69)(H,59,66)(H,60,68)(H,61,67)(H,72,73)(H4,51,52,53)/t29?,31-,33-,34-,35-,36-,38+,39-,40-/m0/s1. The molecule has 23 nitrogen and oxygen atoms in total. The van der Waals surface area contributed by atoms with E-state index in [1.165, 1.54) is 11.2 Å². The highest BCUT2D eigenvalue weighted by Crippen LogP contribution is 2.35. The van der Waals surface area contributed by atoms with Crippen molar-refractivity contribution in [3.8, 4) is 5.82 Å². The second-order valence-corrected chi connectivity index (χ2v) is 20.8. The number of nitrogens with zero attached hydrogens (tertiary/aromatic N) is 4. The number of rotatable bonds is 11. The van der Waals surface area contributed by atoms with Crippen molar-refractivity contribution in [1.82, 2.24) is 51.3 Å². The van der Waals surface area contributed by atoms with Crippen molar-refractivity contribution in [3.05, 3.63) is 47.5 Å². The molecular formula is C50H69N13O10. The Hall–Kier alpha value is -7.33. The molecular weight excluding hydrogens is 943 g/mol. The van der Waals surface area contributed by atoms with E-state index in [-0.39, 0.29) is 93.9 Å². The lowest BCUT2D eigenvalue weighted by Gasteiger charge is -2.33. The predicted octanol–water partition coefficient (Wildman–Crippen LogP) is -0.0754. The average molecular weight is 1010 g/mol. The van der Waals surface area contributed by atoms with Crippen LogP contribution < -0.4 is 43.4 Å². The minimum Gasteiger partial charge on any atom is -0.480 e. The van der Waals surface area contributed by atoms with Gasteiger partial charge in [0.2, 0.25) is 41.4 Å². The molecule has 73 heavy (non-hydrogen) atoms. The summed E-state index contributed by atoms with van der Waals surface area (Å²) in [6.45, 7) is 11.2. The normalized spacial score (nSPS) is 26.5. The minimum atomic E-state index is -1.51. The number of benzene rings is 1. The summed E-state index contributed by atoms with van der Waals surface area (Å²) in [7, 11) is 0. The molecule has 1 aromatic carbocycles. The molecule has 394 valence electrons. The maximum atomic E-state index is 15.4. The van der Waals surface area contributed by atoms with Gasteiger partial charge in [-0.05, 0) is 67.9 Å². The van der Waals surface area contributed by atoms with Gasteiger partial charge in [-0.25, -0.2) is 9.78 Å². The number of hydrogen-bond acceptors (Lipinski definition) is 11. The van der Waals surface area contributed by atoms with E-state index in [0.717, 1.165) is 0 Å². The van der Waals surface area contributed by atoms with Gasteiger partial charge in [-0.2, -0.15) is 0 Å². The van der Waals surface area contributed by atoms with E-state index < -0.39 is 107 Å². The first kappa shape index (κ1) is 53.5. The lowest BCUT2D eigenvalue weighted by Crippen LogP contribution is -2.61. The number of carboxylic acid groups (broad SMARTS) is 1. The number of guanidine groups is 1. The van der Waals surface area contributed by atoms with Crippen LogP contribution in [-0.4, -0.2) is 139 Å². The Labute approximate surface area is 422 Å². The van der Waals surface area contributed by atoms with Gasteiger partial charge in [0.25, 0.3) is 0 Å². The van der Waals surface area contributed by atoms with Crippen LogP contribution in [0.4, 0.5) is 0 Å². The fourth-order valence-electron chi connectivity index (χ4n) is 10.6.